The van der Waals surface area contributed by atoms with Gasteiger partial charge in [-0.25, -0.2) is 4.39 Å². The van der Waals surface area contributed by atoms with Gasteiger partial charge in [0.05, 0.1) is 4.90 Å². The first-order valence-corrected chi connectivity index (χ1v) is 7.67. The third-order valence-corrected chi connectivity index (χ3v) is 4.05. The zero-order valence-electron chi connectivity index (χ0n) is 11.7. The summed E-state index contributed by atoms with van der Waals surface area (Å²) in [7, 11) is -0.444. The van der Waals surface area contributed by atoms with E-state index in [1.54, 1.807) is 37.2 Å². The Bertz CT molecular complexity index is 739. The highest BCUT2D eigenvalue weighted by molar-refractivity contribution is 7.90. The van der Waals surface area contributed by atoms with Gasteiger partial charge in [-0.05, 0) is 36.4 Å². The van der Waals surface area contributed by atoms with Crippen molar-refractivity contribution in [1.29, 1.82) is 0 Å². The minimum atomic E-state index is -3.81. The summed E-state index contributed by atoms with van der Waals surface area (Å²) >= 11 is 0. The molecule has 0 radical (unpaired) electrons. The standard InChI is InChI=1S/C15H15FN2O2S/c1-18(2)15(12-8-10-13(16)11-9-12)17-21(19,20)14-6-4-3-5-7-14/h3-11H,1-2H3. The third-order valence-electron chi connectivity index (χ3n) is 2.77. The fraction of sp³-hybridized carbons (Fsp3) is 0.133. The second-order valence-electron chi connectivity index (χ2n) is 4.60. The first kappa shape index (κ1) is 15.2. The van der Waals surface area contributed by atoms with E-state index >= 15 is 0 Å². The summed E-state index contributed by atoms with van der Waals surface area (Å²) in [5.41, 5.74) is 0.529. The first-order valence-electron chi connectivity index (χ1n) is 6.23. The smallest absolute Gasteiger partial charge is 0.284 e. The molecule has 0 aliphatic heterocycles. The minimum Gasteiger partial charge on any atom is -0.362 e. The summed E-state index contributed by atoms with van der Waals surface area (Å²) in [6.45, 7) is 0. The average molecular weight is 306 g/mol. The van der Waals surface area contributed by atoms with Gasteiger partial charge in [-0.15, -0.1) is 4.40 Å². The molecule has 0 saturated carbocycles. The van der Waals surface area contributed by atoms with E-state index in [0.717, 1.165) is 0 Å². The van der Waals surface area contributed by atoms with Crippen molar-refractivity contribution < 1.29 is 12.8 Å². The van der Waals surface area contributed by atoms with Crippen LogP contribution in [0.5, 0.6) is 0 Å². The number of halogens is 1. The number of benzene rings is 2. The van der Waals surface area contributed by atoms with Gasteiger partial charge in [-0.1, -0.05) is 18.2 Å². The highest BCUT2D eigenvalue weighted by Gasteiger charge is 2.16. The topological polar surface area (TPSA) is 49.7 Å². The van der Waals surface area contributed by atoms with Crippen LogP contribution in [0.4, 0.5) is 4.39 Å². The molecule has 0 unspecified atom stereocenters. The second kappa shape index (κ2) is 6.05. The van der Waals surface area contributed by atoms with Crippen LogP contribution in [0, 0.1) is 5.82 Å². The van der Waals surface area contributed by atoms with E-state index in [1.807, 2.05) is 0 Å². The molecule has 0 fully saturated rings. The van der Waals surface area contributed by atoms with Crippen molar-refractivity contribution in [2.75, 3.05) is 14.1 Å². The Balaban J connectivity index is 2.50. The van der Waals surface area contributed by atoms with Gasteiger partial charge in [0.2, 0.25) is 0 Å². The lowest BCUT2D eigenvalue weighted by molar-refractivity contribution is 0.592. The summed E-state index contributed by atoms with van der Waals surface area (Å²) in [6.07, 6.45) is 0. The summed E-state index contributed by atoms with van der Waals surface area (Å²) in [6, 6.07) is 13.5. The molecule has 2 rings (SSSR count). The van der Waals surface area contributed by atoms with Crippen molar-refractivity contribution in [2.24, 2.45) is 4.40 Å². The van der Waals surface area contributed by atoms with E-state index in [-0.39, 0.29) is 16.5 Å². The Kier molecular flexibility index (Phi) is 4.37. The number of nitrogens with zero attached hydrogens (tertiary/aromatic N) is 2. The van der Waals surface area contributed by atoms with Crippen LogP contribution in [0.1, 0.15) is 5.56 Å². The highest BCUT2D eigenvalue weighted by atomic mass is 32.2. The Morgan fingerprint density at radius 3 is 2.10 bits per heavy atom. The molecule has 0 amide bonds. The van der Waals surface area contributed by atoms with Crippen LogP contribution in [0.25, 0.3) is 0 Å². The Morgan fingerprint density at radius 1 is 1.00 bits per heavy atom. The van der Waals surface area contributed by atoms with Crippen LogP contribution in [-0.2, 0) is 10.0 Å². The van der Waals surface area contributed by atoms with Crippen LogP contribution >= 0.6 is 0 Å². The van der Waals surface area contributed by atoms with Crippen LogP contribution in [0.15, 0.2) is 63.9 Å². The number of amidine groups is 1. The van der Waals surface area contributed by atoms with Crippen molar-refractivity contribution in [3.05, 3.63) is 66.0 Å². The van der Waals surface area contributed by atoms with Crippen LogP contribution in [0.2, 0.25) is 0 Å². The molecule has 0 bridgehead atoms. The average Bonchev–Trinajstić information content (AvgIpc) is 2.47. The van der Waals surface area contributed by atoms with Crippen molar-refractivity contribution in [3.63, 3.8) is 0 Å². The van der Waals surface area contributed by atoms with E-state index in [4.69, 9.17) is 0 Å². The summed E-state index contributed by atoms with van der Waals surface area (Å²) in [4.78, 5) is 1.69. The fourth-order valence-corrected chi connectivity index (χ4v) is 2.85. The molecule has 4 nitrogen and oxygen atoms in total. The van der Waals surface area contributed by atoms with Crippen molar-refractivity contribution in [1.82, 2.24) is 4.90 Å². The molecule has 0 aliphatic rings. The van der Waals surface area contributed by atoms with E-state index in [1.165, 1.54) is 36.4 Å². The highest BCUT2D eigenvalue weighted by Crippen LogP contribution is 2.14. The van der Waals surface area contributed by atoms with Gasteiger partial charge in [0.25, 0.3) is 10.0 Å². The lowest BCUT2D eigenvalue weighted by Gasteiger charge is -2.15. The van der Waals surface area contributed by atoms with E-state index in [0.29, 0.717) is 5.56 Å². The predicted molar refractivity (Wildman–Crippen MR) is 80.3 cm³/mol. The Hall–Kier alpha value is -2.21. The molecule has 2 aromatic rings. The molecule has 0 N–H and O–H groups in total. The zero-order valence-corrected chi connectivity index (χ0v) is 12.5. The molecule has 21 heavy (non-hydrogen) atoms. The van der Waals surface area contributed by atoms with Crippen LogP contribution in [-0.4, -0.2) is 33.2 Å². The molecular formula is C15H15FN2O2S. The maximum absolute atomic E-state index is 13.0. The summed E-state index contributed by atoms with van der Waals surface area (Å²) in [5.74, 6) is -0.137. The minimum absolute atomic E-state index is 0.117. The van der Waals surface area contributed by atoms with Crippen LogP contribution < -0.4 is 0 Å². The number of rotatable bonds is 3. The maximum atomic E-state index is 13.0. The lowest BCUT2D eigenvalue weighted by Crippen LogP contribution is -2.24. The molecule has 0 saturated heterocycles. The van der Waals surface area contributed by atoms with E-state index in [2.05, 4.69) is 4.40 Å². The van der Waals surface area contributed by atoms with Crippen LogP contribution in [0.3, 0.4) is 0 Å². The molecule has 2 aromatic carbocycles. The Labute approximate surface area is 123 Å². The normalized spacial score (nSPS) is 12.2. The van der Waals surface area contributed by atoms with Gasteiger partial charge >= 0.3 is 0 Å². The van der Waals surface area contributed by atoms with E-state index < -0.39 is 10.0 Å². The molecule has 110 valence electrons. The fourth-order valence-electron chi connectivity index (χ4n) is 1.75. The molecule has 0 aliphatic carbocycles. The Morgan fingerprint density at radius 2 is 1.57 bits per heavy atom. The third kappa shape index (κ3) is 3.66. The van der Waals surface area contributed by atoms with Crippen molar-refractivity contribution >= 4 is 15.9 Å². The molecule has 6 heteroatoms. The largest absolute Gasteiger partial charge is 0.362 e. The van der Waals surface area contributed by atoms with Gasteiger partial charge < -0.3 is 4.90 Å². The summed E-state index contributed by atoms with van der Waals surface area (Å²) in [5, 5.41) is 0. The quantitative estimate of drug-likeness (QED) is 0.647. The molecule has 0 spiro atoms. The SMILES string of the molecule is CN(C)C(=NS(=O)(=O)c1ccccc1)c1ccc(F)cc1. The summed E-state index contributed by atoms with van der Waals surface area (Å²) < 4.78 is 41.5. The lowest BCUT2D eigenvalue weighted by atomic mass is 10.2. The van der Waals surface area contributed by atoms with Gasteiger partial charge in [0.15, 0.2) is 0 Å². The number of sulfonamides is 1. The maximum Gasteiger partial charge on any atom is 0.284 e. The number of hydrogen-bond donors (Lipinski definition) is 0. The molecular weight excluding hydrogens is 291 g/mol. The predicted octanol–water partition coefficient (Wildman–Crippen LogP) is 2.52. The van der Waals surface area contributed by atoms with Crippen molar-refractivity contribution in [3.8, 4) is 0 Å². The second-order valence-corrected chi connectivity index (χ2v) is 6.21. The van der Waals surface area contributed by atoms with Gasteiger partial charge in [0, 0.05) is 19.7 Å². The molecule has 0 heterocycles. The molecule has 0 atom stereocenters. The van der Waals surface area contributed by atoms with E-state index in [9.17, 15) is 12.8 Å². The monoisotopic (exact) mass is 306 g/mol. The van der Waals surface area contributed by atoms with Gasteiger partial charge in [0.1, 0.15) is 11.7 Å². The van der Waals surface area contributed by atoms with Crippen molar-refractivity contribution in [2.45, 2.75) is 4.90 Å². The van der Waals surface area contributed by atoms with Gasteiger partial charge in [-0.3, -0.25) is 0 Å². The van der Waals surface area contributed by atoms with Gasteiger partial charge in [-0.2, -0.15) is 8.42 Å². The zero-order chi connectivity index (χ0) is 15.5. The number of hydrogen-bond acceptors (Lipinski definition) is 2. The molecule has 0 aromatic heterocycles. The first-order chi connectivity index (χ1) is 9.90.